The van der Waals surface area contributed by atoms with Gasteiger partial charge in [0.2, 0.25) is 0 Å². The Bertz CT molecular complexity index is 453. The monoisotopic (exact) mass is 274 g/mol. The molecule has 4 heteroatoms. The van der Waals surface area contributed by atoms with Gasteiger partial charge in [0.15, 0.2) is 0 Å². The van der Waals surface area contributed by atoms with Gasteiger partial charge in [-0.3, -0.25) is 0 Å². The minimum absolute atomic E-state index is 0.0746. The molecule has 0 aromatic heterocycles. The zero-order valence-electron chi connectivity index (χ0n) is 11.6. The topological polar surface area (TPSA) is 76.3 Å². The molecule has 2 rings (SSSR count). The van der Waals surface area contributed by atoms with Crippen LogP contribution in [-0.4, -0.2) is 28.9 Å². The predicted molar refractivity (Wildman–Crippen MR) is 77.0 cm³/mol. The van der Waals surface area contributed by atoms with Crippen molar-refractivity contribution in [2.45, 2.75) is 50.4 Å². The van der Waals surface area contributed by atoms with E-state index in [2.05, 4.69) is 11.4 Å². The fourth-order valence-corrected chi connectivity index (χ4v) is 2.69. The van der Waals surface area contributed by atoms with E-state index >= 15 is 0 Å². The van der Waals surface area contributed by atoms with Crippen LogP contribution in [0, 0.1) is 11.3 Å². The molecular formula is C16H22N2O2. The van der Waals surface area contributed by atoms with Crippen LogP contribution in [0.5, 0.6) is 0 Å². The third kappa shape index (κ3) is 4.04. The standard InChI is InChI=1S/C16H22N2O2/c17-10-12-6-8-13(9-7-12)16(20)11-18-14-4-2-1-3-5-15(14)19/h6-9,14-16,18-20H,1-5,11H2. The Morgan fingerprint density at radius 2 is 1.90 bits per heavy atom. The first-order valence-electron chi connectivity index (χ1n) is 7.30. The molecule has 1 aliphatic carbocycles. The molecule has 1 aliphatic rings. The summed E-state index contributed by atoms with van der Waals surface area (Å²) in [5.74, 6) is 0. The summed E-state index contributed by atoms with van der Waals surface area (Å²) in [6, 6.07) is 9.09. The van der Waals surface area contributed by atoms with E-state index in [1.165, 1.54) is 6.42 Å². The molecule has 1 fully saturated rings. The lowest BCUT2D eigenvalue weighted by atomic mass is 10.0. The van der Waals surface area contributed by atoms with Gasteiger partial charge in [-0.05, 0) is 30.5 Å². The maximum absolute atomic E-state index is 10.1. The number of nitrogens with one attached hydrogen (secondary N) is 1. The molecule has 1 aromatic rings. The molecule has 20 heavy (non-hydrogen) atoms. The van der Waals surface area contributed by atoms with Gasteiger partial charge in [0.25, 0.3) is 0 Å². The Labute approximate surface area is 120 Å². The Hall–Kier alpha value is -1.41. The van der Waals surface area contributed by atoms with E-state index in [4.69, 9.17) is 5.26 Å². The first-order valence-corrected chi connectivity index (χ1v) is 7.30. The van der Waals surface area contributed by atoms with E-state index in [-0.39, 0.29) is 12.1 Å². The number of nitrogens with zero attached hydrogens (tertiary/aromatic N) is 1. The lowest BCUT2D eigenvalue weighted by Gasteiger charge is -2.23. The van der Waals surface area contributed by atoms with E-state index in [0.717, 1.165) is 31.2 Å². The molecule has 4 nitrogen and oxygen atoms in total. The van der Waals surface area contributed by atoms with Gasteiger partial charge in [-0.15, -0.1) is 0 Å². The first kappa shape index (κ1) is 15.0. The summed E-state index contributed by atoms with van der Waals surface area (Å²) in [7, 11) is 0. The van der Waals surface area contributed by atoms with E-state index in [0.29, 0.717) is 12.1 Å². The molecule has 3 N–H and O–H groups in total. The van der Waals surface area contributed by atoms with Crippen molar-refractivity contribution < 1.29 is 10.2 Å². The zero-order valence-corrected chi connectivity index (χ0v) is 11.6. The van der Waals surface area contributed by atoms with E-state index in [9.17, 15) is 10.2 Å². The fraction of sp³-hybridized carbons (Fsp3) is 0.562. The highest BCUT2D eigenvalue weighted by molar-refractivity contribution is 5.32. The van der Waals surface area contributed by atoms with Crippen molar-refractivity contribution in [2.24, 2.45) is 0 Å². The summed E-state index contributed by atoms with van der Waals surface area (Å²) < 4.78 is 0. The highest BCUT2D eigenvalue weighted by atomic mass is 16.3. The summed E-state index contributed by atoms with van der Waals surface area (Å²) in [4.78, 5) is 0. The Morgan fingerprint density at radius 1 is 1.20 bits per heavy atom. The number of hydrogen-bond donors (Lipinski definition) is 3. The van der Waals surface area contributed by atoms with Gasteiger partial charge in [-0.2, -0.15) is 5.26 Å². The number of aliphatic hydroxyl groups excluding tert-OH is 2. The number of aliphatic hydroxyl groups is 2. The molecule has 0 amide bonds. The van der Waals surface area contributed by atoms with Crippen molar-refractivity contribution in [3.63, 3.8) is 0 Å². The van der Waals surface area contributed by atoms with Crippen molar-refractivity contribution >= 4 is 0 Å². The first-order chi connectivity index (χ1) is 9.70. The van der Waals surface area contributed by atoms with Crippen molar-refractivity contribution in [1.82, 2.24) is 5.32 Å². The maximum atomic E-state index is 10.1. The Balaban J connectivity index is 1.87. The van der Waals surface area contributed by atoms with Crippen LogP contribution in [0.4, 0.5) is 0 Å². The molecule has 3 atom stereocenters. The van der Waals surface area contributed by atoms with Gasteiger partial charge < -0.3 is 15.5 Å². The molecule has 0 bridgehead atoms. The summed E-state index contributed by atoms with van der Waals surface area (Å²) >= 11 is 0. The van der Waals surface area contributed by atoms with Crippen LogP contribution < -0.4 is 5.32 Å². The van der Waals surface area contributed by atoms with E-state index in [1.807, 2.05) is 0 Å². The second-order valence-electron chi connectivity index (χ2n) is 5.47. The van der Waals surface area contributed by atoms with Crippen molar-refractivity contribution in [2.75, 3.05) is 6.54 Å². The smallest absolute Gasteiger partial charge is 0.0991 e. The third-order valence-corrected chi connectivity index (χ3v) is 3.98. The fourth-order valence-electron chi connectivity index (χ4n) is 2.69. The lowest BCUT2D eigenvalue weighted by Crippen LogP contribution is -2.41. The second-order valence-corrected chi connectivity index (χ2v) is 5.47. The maximum Gasteiger partial charge on any atom is 0.0991 e. The van der Waals surface area contributed by atoms with Gasteiger partial charge in [-0.25, -0.2) is 0 Å². The van der Waals surface area contributed by atoms with Gasteiger partial charge in [-0.1, -0.05) is 31.4 Å². The van der Waals surface area contributed by atoms with Crippen LogP contribution in [-0.2, 0) is 0 Å². The third-order valence-electron chi connectivity index (χ3n) is 3.98. The summed E-state index contributed by atoms with van der Waals surface area (Å²) in [5, 5.41) is 32.2. The van der Waals surface area contributed by atoms with Crippen LogP contribution in [0.15, 0.2) is 24.3 Å². The van der Waals surface area contributed by atoms with E-state index in [1.54, 1.807) is 24.3 Å². The van der Waals surface area contributed by atoms with Gasteiger partial charge in [0.05, 0.1) is 23.8 Å². The van der Waals surface area contributed by atoms with Crippen LogP contribution in [0.3, 0.4) is 0 Å². The molecule has 0 saturated heterocycles. The van der Waals surface area contributed by atoms with Gasteiger partial charge >= 0.3 is 0 Å². The average molecular weight is 274 g/mol. The SMILES string of the molecule is N#Cc1ccc(C(O)CNC2CCCCCC2O)cc1. The normalized spacial score (nSPS) is 24.6. The predicted octanol–water partition coefficient (Wildman–Crippen LogP) is 1.87. The average Bonchev–Trinajstić information content (AvgIpc) is 2.69. The summed E-state index contributed by atoms with van der Waals surface area (Å²) in [5.41, 5.74) is 1.38. The molecule has 0 spiro atoms. The number of hydrogen-bond acceptors (Lipinski definition) is 4. The van der Waals surface area contributed by atoms with E-state index < -0.39 is 6.10 Å². The molecule has 3 unspecified atom stereocenters. The minimum atomic E-state index is -0.613. The molecule has 0 heterocycles. The molecule has 0 aliphatic heterocycles. The highest BCUT2D eigenvalue weighted by Gasteiger charge is 2.21. The van der Waals surface area contributed by atoms with Crippen LogP contribution in [0.2, 0.25) is 0 Å². The molecule has 1 aromatic carbocycles. The second kappa shape index (κ2) is 7.39. The van der Waals surface area contributed by atoms with Crippen molar-refractivity contribution in [3.05, 3.63) is 35.4 Å². The largest absolute Gasteiger partial charge is 0.392 e. The molecular weight excluding hydrogens is 252 g/mol. The quantitative estimate of drug-likeness (QED) is 0.733. The van der Waals surface area contributed by atoms with Crippen LogP contribution >= 0.6 is 0 Å². The summed E-state index contributed by atoms with van der Waals surface area (Å²) in [6.45, 7) is 0.424. The molecule has 108 valence electrons. The Morgan fingerprint density at radius 3 is 2.60 bits per heavy atom. The van der Waals surface area contributed by atoms with Crippen molar-refractivity contribution in [1.29, 1.82) is 5.26 Å². The van der Waals surface area contributed by atoms with Crippen LogP contribution in [0.25, 0.3) is 0 Å². The van der Waals surface area contributed by atoms with Crippen molar-refractivity contribution in [3.8, 4) is 6.07 Å². The van der Waals surface area contributed by atoms with Crippen LogP contribution in [0.1, 0.15) is 49.3 Å². The molecule has 1 saturated carbocycles. The number of rotatable bonds is 4. The highest BCUT2D eigenvalue weighted by Crippen LogP contribution is 2.19. The molecule has 0 radical (unpaired) electrons. The number of nitriles is 1. The van der Waals surface area contributed by atoms with Gasteiger partial charge in [0.1, 0.15) is 0 Å². The minimum Gasteiger partial charge on any atom is -0.392 e. The summed E-state index contributed by atoms with van der Waals surface area (Å²) in [6.07, 6.45) is 4.25. The zero-order chi connectivity index (χ0) is 14.4. The van der Waals surface area contributed by atoms with Gasteiger partial charge in [0, 0.05) is 12.6 Å². The Kier molecular flexibility index (Phi) is 5.54. The number of benzene rings is 1. The lowest BCUT2D eigenvalue weighted by molar-refractivity contribution is 0.104.